The minimum absolute atomic E-state index is 0.254. The van der Waals surface area contributed by atoms with Crippen LogP contribution in [0.15, 0.2) is 77.9 Å². The first-order chi connectivity index (χ1) is 17.2. The molecule has 0 saturated carbocycles. The molecule has 1 fully saturated rings. The number of aromatic nitrogens is 5. The summed E-state index contributed by atoms with van der Waals surface area (Å²) >= 11 is 0. The van der Waals surface area contributed by atoms with Gasteiger partial charge in [0.05, 0.1) is 41.0 Å². The monoisotopic (exact) mass is 465 g/mol. The maximum Gasteiger partial charge on any atom is 0.256 e. The molecule has 174 valence electrons. The molecule has 0 atom stereocenters. The Morgan fingerprint density at radius 1 is 1.06 bits per heavy atom. The number of hydrogen-bond acceptors (Lipinski definition) is 7. The molecule has 0 radical (unpaired) electrons. The number of carbonyl (C=O) groups is 1. The lowest BCUT2D eigenvalue weighted by Gasteiger charge is -2.16. The van der Waals surface area contributed by atoms with E-state index in [-0.39, 0.29) is 5.91 Å². The highest BCUT2D eigenvalue weighted by atomic mass is 16.3. The van der Waals surface area contributed by atoms with Gasteiger partial charge in [0.1, 0.15) is 18.1 Å². The second-order valence-corrected chi connectivity index (χ2v) is 8.47. The van der Waals surface area contributed by atoms with E-state index < -0.39 is 0 Å². The molecule has 6 rings (SSSR count). The van der Waals surface area contributed by atoms with Crippen molar-refractivity contribution >= 4 is 28.4 Å². The lowest BCUT2D eigenvalue weighted by Crippen LogP contribution is -2.19. The number of carbonyl (C=O) groups excluding carboxylic acids is 1. The average molecular weight is 466 g/mol. The Kier molecular flexibility index (Phi) is 5.42. The Morgan fingerprint density at radius 3 is 2.71 bits per heavy atom. The van der Waals surface area contributed by atoms with Crippen molar-refractivity contribution in [3.05, 3.63) is 84.8 Å². The van der Waals surface area contributed by atoms with Crippen molar-refractivity contribution in [3.63, 3.8) is 0 Å². The minimum atomic E-state index is -0.254. The molecule has 1 N–H and O–H groups in total. The second kappa shape index (κ2) is 9.02. The van der Waals surface area contributed by atoms with Gasteiger partial charge in [-0.15, -0.1) is 0 Å². The summed E-state index contributed by atoms with van der Waals surface area (Å²) in [4.78, 5) is 29.2. The fourth-order valence-corrected chi connectivity index (χ4v) is 4.36. The molecular weight excluding hydrogens is 442 g/mol. The van der Waals surface area contributed by atoms with Gasteiger partial charge in [-0.3, -0.25) is 9.78 Å². The fraction of sp³-hybridized carbons (Fsp3) is 0.192. The summed E-state index contributed by atoms with van der Waals surface area (Å²) in [6.07, 6.45) is 10.8. The molecule has 5 aromatic heterocycles. The maximum atomic E-state index is 13.4. The molecule has 35 heavy (non-hydrogen) atoms. The first kappa shape index (κ1) is 21.0. The van der Waals surface area contributed by atoms with Crippen molar-refractivity contribution in [2.45, 2.75) is 19.4 Å². The van der Waals surface area contributed by atoms with Crippen LogP contribution < -0.4 is 10.2 Å². The Balaban J connectivity index is 1.35. The van der Waals surface area contributed by atoms with Crippen LogP contribution in [0.1, 0.15) is 29.0 Å². The summed E-state index contributed by atoms with van der Waals surface area (Å²) < 4.78 is 7.22. The number of rotatable bonds is 6. The number of nitrogens with zero attached hydrogens (tertiary/aromatic N) is 6. The van der Waals surface area contributed by atoms with Crippen molar-refractivity contribution in [1.29, 1.82) is 0 Å². The van der Waals surface area contributed by atoms with Gasteiger partial charge < -0.3 is 14.6 Å². The average Bonchev–Trinajstić information content (AvgIpc) is 3.68. The van der Waals surface area contributed by atoms with Crippen LogP contribution >= 0.6 is 0 Å². The van der Waals surface area contributed by atoms with Crippen molar-refractivity contribution in [1.82, 2.24) is 24.7 Å². The summed E-state index contributed by atoms with van der Waals surface area (Å²) in [6, 6.07) is 13.1. The van der Waals surface area contributed by atoms with Crippen LogP contribution in [0.25, 0.3) is 22.3 Å². The van der Waals surface area contributed by atoms with E-state index in [0.29, 0.717) is 34.5 Å². The van der Waals surface area contributed by atoms with Crippen LogP contribution in [0.5, 0.6) is 0 Å². The third-order valence-electron chi connectivity index (χ3n) is 6.13. The number of amides is 1. The second-order valence-electron chi connectivity index (χ2n) is 8.47. The van der Waals surface area contributed by atoms with Gasteiger partial charge in [0.2, 0.25) is 0 Å². The molecular formula is C26H23N7O2. The molecule has 0 spiro atoms. The van der Waals surface area contributed by atoms with E-state index in [2.05, 4.69) is 25.3 Å². The third-order valence-corrected chi connectivity index (χ3v) is 6.13. The molecule has 1 saturated heterocycles. The predicted molar refractivity (Wildman–Crippen MR) is 132 cm³/mol. The zero-order chi connectivity index (χ0) is 23.6. The maximum absolute atomic E-state index is 13.4. The molecule has 0 unspecified atom stereocenters. The van der Waals surface area contributed by atoms with Gasteiger partial charge in [-0.25, -0.2) is 14.6 Å². The van der Waals surface area contributed by atoms with Gasteiger partial charge in [0.25, 0.3) is 5.91 Å². The Labute approximate surface area is 201 Å². The molecule has 9 nitrogen and oxygen atoms in total. The SMILES string of the molecule is O=C(Nc1ccc(N2CCCC2)nc1)c1cc(-c2cccnc2)nc2c1cnn2Cc1ccco1. The van der Waals surface area contributed by atoms with Gasteiger partial charge >= 0.3 is 0 Å². The Bertz CT molecular complexity index is 1460. The molecule has 0 aromatic carbocycles. The summed E-state index contributed by atoms with van der Waals surface area (Å²) in [6.45, 7) is 2.45. The van der Waals surface area contributed by atoms with E-state index in [0.717, 1.165) is 30.2 Å². The third kappa shape index (κ3) is 4.23. The Morgan fingerprint density at radius 2 is 1.97 bits per heavy atom. The van der Waals surface area contributed by atoms with Crippen LogP contribution in [-0.4, -0.2) is 43.7 Å². The standard InChI is InChI=1S/C26H23N7O2/c34-26(30-19-7-8-24(28-15-19)32-10-1-2-11-32)21-13-23(18-5-3-9-27-14-18)31-25-22(21)16-29-33(25)17-20-6-4-12-35-20/h3-9,12-16H,1-2,10-11,17H2,(H,30,34). The first-order valence-electron chi connectivity index (χ1n) is 11.6. The van der Waals surface area contributed by atoms with E-state index in [1.165, 1.54) is 12.8 Å². The number of anilines is 2. The highest BCUT2D eigenvalue weighted by Crippen LogP contribution is 2.26. The Hall–Kier alpha value is -4.53. The smallest absolute Gasteiger partial charge is 0.256 e. The van der Waals surface area contributed by atoms with Crippen LogP contribution in [0.2, 0.25) is 0 Å². The number of furan rings is 1. The van der Waals surface area contributed by atoms with Gasteiger partial charge in [-0.05, 0) is 55.3 Å². The van der Waals surface area contributed by atoms with Crippen molar-refractivity contribution < 1.29 is 9.21 Å². The molecule has 1 aliphatic rings. The highest BCUT2D eigenvalue weighted by Gasteiger charge is 2.19. The van der Waals surface area contributed by atoms with E-state index >= 15 is 0 Å². The van der Waals surface area contributed by atoms with Gasteiger partial charge in [0.15, 0.2) is 5.65 Å². The lowest BCUT2D eigenvalue weighted by atomic mass is 10.1. The zero-order valence-electron chi connectivity index (χ0n) is 19.0. The van der Waals surface area contributed by atoms with Crippen LogP contribution in [0.3, 0.4) is 0 Å². The number of nitrogens with one attached hydrogen (secondary N) is 1. The summed E-state index contributed by atoms with van der Waals surface area (Å²) in [5.41, 5.74) is 3.15. The predicted octanol–water partition coefficient (Wildman–Crippen LogP) is 4.38. The van der Waals surface area contributed by atoms with Crippen molar-refractivity contribution in [2.75, 3.05) is 23.3 Å². The minimum Gasteiger partial charge on any atom is -0.467 e. The van der Waals surface area contributed by atoms with Crippen LogP contribution in [0.4, 0.5) is 11.5 Å². The van der Waals surface area contributed by atoms with Crippen LogP contribution in [-0.2, 0) is 6.54 Å². The first-order valence-corrected chi connectivity index (χ1v) is 11.6. The topological polar surface area (TPSA) is 102 Å². The molecule has 0 bridgehead atoms. The van der Waals surface area contributed by atoms with Gasteiger partial charge in [-0.2, -0.15) is 5.10 Å². The molecule has 1 aliphatic heterocycles. The van der Waals surface area contributed by atoms with Gasteiger partial charge in [0, 0.05) is 31.0 Å². The largest absolute Gasteiger partial charge is 0.467 e. The van der Waals surface area contributed by atoms with E-state index in [1.54, 1.807) is 41.8 Å². The molecule has 9 heteroatoms. The van der Waals surface area contributed by atoms with Crippen LogP contribution in [0, 0.1) is 0 Å². The van der Waals surface area contributed by atoms with E-state index in [1.807, 2.05) is 36.4 Å². The van der Waals surface area contributed by atoms with E-state index in [9.17, 15) is 4.79 Å². The number of fused-ring (bicyclic) bond motifs is 1. The van der Waals surface area contributed by atoms with E-state index in [4.69, 9.17) is 9.40 Å². The zero-order valence-corrected chi connectivity index (χ0v) is 19.0. The van der Waals surface area contributed by atoms with Crippen molar-refractivity contribution in [3.8, 4) is 11.3 Å². The molecule has 1 amide bonds. The summed E-state index contributed by atoms with van der Waals surface area (Å²) in [5, 5.41) is 8.13. The summed E-state index contributed by atoms with van der Waals surface area (Å²) in [7, 11) is 0. The highest BCUT2D eigenvalue weighted by molar-refractivity contribution is 6.12. The summed E-state index contributed by atoms with van der Waals surface area (Å²) in [5.74, 6) is 1.43. The molecule has 6 heterocycles. The fourth-order valence-electron chi connectivity index (χ4n) is 4.36. The van der Waals surface area contributed by atoms with Crippen molar-refractivity contribution in [2.24, 2.45) is 0 Å². The quantitative estimate of drug-likeness (QED) is 0.397. The normalized spacial score (nSPS) is 13.4. The lowest BCUT2D eigenvalue weighted by molar-refractivity contribution is 0.102. The molecule has 0 aliphatic carbocycles. The number of hydrogen-bond donors (Lipinski definition) is 1. The van der Waals surface area contributed by atoms with Gasteiger partial charge in [-0.1, -0.05) is 0 Å². The molecule has 5 aromatic rings. The number of pyridine rings is 3.